The highest BCUT2D eigenvalue weighted by Crippen LogP contribution is 2.27. The molecule has 1 saturated heterocycles. The number of piperidine rings is 1. The first kappa shape index (κ1) is 20.2. The summed E-state index contributed by atoms with van der Waals surface area (Å²) in [5.74, 6) is 0.186. The number of ether oxygens (including phenoxy) is 2. The van der Waals surface area contributed by atoms with Crippen LogP contribution in [-0.2, 0) is 9.53 Å². The molecule has 1 fully saturated rings. The van der Waals surface area contributed by atoms with Crippen molar-refractivity contribution >= 4 is 23.1 Å². The number of hydrogen-bond acceptors (Lipinski definition) is 5. The van der Waals surface area contributed by atoms with Gasteiger partial charge in [0, 0.05) is 35.0 Å². The minimum Gasteiger partial charge on any atom is -0.492 e. The van der Waals surface area contributed by atoms with E-state index < -0.39 is 0 Å². The Morgan fingerprint density at radius 1 is 1.03 bits per heavy atom. The van der Waals surface area contributed by atoms with Crippen LogP contribution in [0.2, 0.25) is 0 Å². The lowest BCUT2D eigenvalue weighted by Gasteiger charge is -2.26. The average molecular weight is 406 g/mol. The second-order valence-electron chi connectivity index (χ2n) is 7.55. The van der Waals surface area contributed by atoms with Crippen LogP contribution in [-0.4, -0.2) is 49.6 Å². The standard InChI is InChI=1S/C24H26N2O4/c27-23-16-19(17-30-23)21-6-2-3-7-22(21)25-24(28)18-8-10-20(11-9-18)29-15-14-26-12-4-1-5-13-26/h2-3,6-11,16H,1,4-5,12-15,17H2,(H,25,28). The van der Waals surface area contributed by atoms with Crippen molar-refractivity contribution in [3.8, 4) is 5.75 Å². The van der Waals surface area contributed by atoms with Crippen LogP contribution in [0.15, 0.2) is 54.6 Å². The molecule has 0 bridgehead atoms. The molecule has 0 unspecified atom stereocenters. The summed E-state index contributed by atoms with van der Waals surface area (Å²) < 4.78 is 10.8. The Balaban J connectivity index is 1.34. The fourth-order valence-electron chi connectivity index (χ4n) is 3.77. The van der Waals surface area contributed by atoms with E-state index in [1.807, 2.05) is 36.4 Å². The molecule has 6 nitrogen and oxygen atoms in total. The van der Waals surface area contributed by atoms with E-state index in [4.69, 9.17) is 9.47 Å². The molecular formula is C24H26N2O4. The SMILES string of the molecule is O=C1C=C(c2ccccc2NC(=O)c2ccc(OCCN3CCCCC3)cc2)CO1. The van der Waals surface area contributed by atoms with Crippen molar-refractivity contribution in [2.75, 3.05) is 38.2 Å². The summed E-state index contributed by atoms with van der Waals surface area (Å²) in [6.45, 7) is 4.10. The molecule has 0 atom stereocenters. The van der Waals surface area contributed by atoms with Crippen molar-refractivity contribution in [2.45, 2.75) is 19.3 Å². The number of carbonyl (C=O) groups is 2. The van der Waals surface area contributed by atoms with Crippen molar-refractivity contribution in [1.82, 2.24) is 4.90 Å². The van der Waals surface area contributed by atoms with Gasteiger partial charge in [0.2, 0.25) is 0 Å². The number of hydrogen-bond donors (Lipinski definition) is 1. The first-order valence-electron chi connectivity index (χ1n) is 10.4. The lowest BCUT2D eigenvalue weighted by atomic mass is 10.0. The zero-order valence-corrected chi connectivity index (χ0v) is 16.9. The molecule has 1 amide bonds. The van der Waals surface area contributed by atoms with Crippen LogP contribution in [0.5, 0.6) is 5.75 Å². The number of nitrogens with zero attached hydrogens (tertiary/aromatic N) is 1. The third-order valence-corrected chi connectivity index (χ3v) is 5.42. The molecule has 4 rings (SSSR count). The van der Waals surface area contributed by atoms with E-state index in [2.05, 4.69) is 10.2 Å². The third kappa shape index (κ3) is 5.07. The van der Waals surface area contributed by atoms with E-state index >= 15 is 0 Å². The summed E-state index contributed by atoms with van der Waals surface area (Å²) in [5.41, 5.74) is 2.73. The Morgan fingerprint density at radius 3 is 2.53 bits per heavy atom. The highest BCUT2D eigenvalue weighted by Gasteiger charge is 2.18. The maximum atomic E-state index is 12.7. The van der Waals surface area contributed by atoms with E-state index in [-0.39, 0.29) is 18.5 Å². The lowest BCUT2D eigenvalue weighted by Crippen LogP contribution is -2.33. The van der Waals surface area contributed by atoms with Gasteiger partial charge in [-0.2, -0.15) is 0 Å². The van der Waals surface area contributed by atoms with Crippen molar-refractivity contribution in [3.63, 3.8) is 0 Å². The smallest absolute Gasteiger partial charge is 0.331 e. The number of likely N-dealkylation sites (tertiary alicyclic amines) is 1. The number of carbonyl (C=O) groups excluding carboxylic acids is 2. The molecule has 0 radical (unpaired) electrons. The van der Waals surface area contributed by atoms with Crippen molar-refractivity contribution in [2.24, 2.45) is 0 Å². The van der Waals surface area contributed by atoms with E-state index in [0.717, 1.165) is 36.5 Å². The molecule has 0 spiro atoms. The van der Waals surface area contributed by atoms with Gasteiger partial charge in [-0.05, 0) is 56.3 Å². The topological polar surface area (TPSA) is 67.9 Å². The number of cyclic esters (lactones) is 1. The van der Waals surface area contributed by atoms with E-state index in [0.29, 0.717) is 17.9 Å². The molecule has 1 N–H and O–H groups in total. The van der Waals surface area contributed by atoms with Gasteiger partial charge in [0.25, 0.3) is 5.91 Å². The van der Waals surface area contributed by atoms with Gasteiger partial charge in [0.1, 0.15) is 19.0 Å². The number of nitrogens with one attached hydrogen (secondary N) is 1. The van der Waals surface area contributed by atoms with Gasteiger partial charge in [-0.25, -0.2) is 4.79 Å². The Kier molecular flexibility index (Phi) is 6.44. The van der Waals surface area contributed by atoms with Gasteiger partial charge >= 0.3 is 5.97 Å². The number of benzene rings is 2. The van der Waals surface area contributed by atoms with Crippen molar-refractivity contribution in [3.05, 3.63) is 65.7 Å². The zero-order valence-electron chi connectivity index (χ0n) is 16.9. The molecule has 2 aromatic carbocycles. The quantitative estimate of drug-likeness (QED) is 0.710. The van der Waals surface area contributed by atoms with Crippen LogP contribution in [0.25, 0.3) is 5.57 Å². The Bertz CT molecular complexity index is 930. The normalized spacial score (nSPS) is 16.7. The third-order valence-electron chi connectivity index (χ3n) is 5.42. The van der Waals surface area contributed by atoms with Crippen molar-refractivity contribution < 1.29 is 19.1 Å². The fraction of sp³-hybridized carbons (Fsp3) is 0.333. The summed E-state index contributed by atoms with van der Waals surface area (Å²) in [6, 6.07) is 14.6. The average Bonchev–Trinajstić information content (AvgIpc) is 3.21. The van der Waals surface area contributed by atoms with Gasteiger partial charge < -0.3 is 14.8 Å². The number of para-hydroxylation sites is 1. The Morgan fingerprint density at radius 2 is 1.80 bits per heavy atom. The molecule has 2 aromatic rings. The summed E-state index contributed by atoms with van der Waals surface area (Å²) in [4.78, 5) is 26.5. The second-order valence-corrected chi connectivity index (χ2v) is 7.55. The molecule has 0 aliphatic carbocycles. The summed E-state index contributed by atoms with van der Waals surface area (Å²) in [6.07, 6.45) is 5.33. The molecule has 2 heterocycles. The molecule has 0 saturated carbocycles. The van der Waals surface area contributed by atoms with Gasteiger partial charge in [0.15, 0.2) is 0 Å². The first-order valence-corrected chi connectivity index (χ1v) is 10.4. The maximum Gasteiger partial charge on any atom is 0.331 e. The second kappa shape index (κ2) is 9.59. The van der Waals surface area contributed by atoms with E-state index in [1.165, 1.54) is 25.3 Å². The predicted octanol–water partition coefficient (Wildman–Crippen LogP) is 3.74. The lowest BCUT2D eigenvalue weighted by molar-refractivity contribution is -0.134. The number of rotatable bonds is 7. The molecular weight excluding hydrogens is 380 g/mol. The summed E-state index contributed by atoms with van der Waals surface area (Å²) in [7, 11) is 0. The van der Waals surface area contributed by atoms with Crippen LogP contribution in [0.4, 0.5) is 5.69 Å². The summed E-state index contributed by atoms with van der Waals surface area (Å²) in [5, 5.41) is 2.93. The first-order chi connectivity index (χ1) is 14.7. The van der Waals surface area contributed by atoms with Crippen LogP contribution >= 0.6 is 0 Å². The van der Waals surface area contributed by atoms with Crippen molar-refractivity contribution in [1.29, 1.82) is 0 Å². The highest BCUT2D eigenvalue weighted by atomic mass is 16.5. The molecule has 6 heteroatoms. The minimum absolute atomic E-state index is 0.215. The van der Waals surface area contributed by atoms with Crippen LogP contribution in [0, 0.1) is 0 Å². The van der Waals surface area contributed by atoms with E-state index in [1.54, 1.807) is 12.1 Å². The molecule has 0 aromatic heterocycles. The summed E-state index contributed by atoms with van der Waals surface area (Å²) >= 11 is 0. The largest absolute Gasteiger partial charge is 0.492 e. The number of esters is 1. The van der Waals surface area contributed by atoms with Gasteiger partial charge in [-0.1, -0.05) is 24.6 Å². The molecule has 156 valence electrons. The number of amides is 1. The molecule has 2 aliphatic rings. The molecule has 30 heavy (non-hydrogen) atoms. The van der Waals surface area contributed by atoms with E-state index in [9.17, 15) is 9.59 Å². The van der Waals surface area contributed by atoms with Crippen LogP contribution in [0.1, 0.15) is 35.2 Å². The highest BCUT2D eigenvalue weighted by molar-refractivity contribution is 6.06. The zero-order chi connectivity index (χ0) is 20.8. The maximum absolute atomic E-state index is 12.7. The van der Waals surface area contributed by atoms with Gasteiger partial charge in [-0.15, -0.1) is 0 Å². The molecule has 2 aliphatic heterocycles. The van der Waals surface area contributed by atoms with Gasteiger partial charge in [-0.3, -0.25) is 9.69 Å². The van der Waals surface area contributed by atoms with Crippen LogP contribution < -0.4 is 10.1 Å². The van der Waals surface area contributed by atoms with Crippen LogP contribution in [0.3, 0.4) is 0 Å². The van der Waals surface area contributed by atoms with Gasteiger partial charge in [0.05, 0.1) is 0 Å². The Labute approximate surface area is 176 Å². The number of anilines is 1. The fourth-order valence-corrected chi connectivity index (χ4v) is 3.77. The Hall–Kier alpha value is -3.12. The minimum atomic E-state index is -0.359. The monoisotopic (exact) mass is 406 g/mol. The predicted molar refractivity (Wildman–Crippen MR) is 116 cm³/mol.